The van der Waals surface area contributed by atoms with Gasteiger partial charge in [-0.3, -0.25) is 9.59 Å². The molecular formula is C11H17NO5. The Bertz CT molecular complexity index is 328. The lowest BCUT2D eigenvalue weighted by molar-refractivity contribution is -0.152. The highest BCUT2D eigenvalue weighted by Crippen LogP contribution is 2.18. The highest BCUT2D eigenvalue weighted by molar-refractivity contribution is 5.86. The summed E-state index contributed by atoms with van der Waals surface area (Å²) in [6.45, 7) is 5.13. The van der Waals surface area contributed by atoms with Crippen molar-refractivity contribution in [1.29, 1.82) is 0 Å². The summed E-state index contributed by atoms with van der Waals surface area (Å²) in [7, 11) is 0. The summed E-state index contributed by atoms with van der Waals surface area (Å²) in [5, 5.41) is 0. The topological polar surface area (TPSA) is 72.9 Å². The molecule has 0 aromatic carbocycles. The number of carbonyl (C=O) groups is 3. The van der Waals surface area contributed by atoms with E-state index in [-0.39, 0.29) is 25.5 Å². The van der Waals surface area contributed by atoms with Crippen molar-refractivity contribution in [3.8, 4) is 0 Å². The molecule has 1 amide bonds. The maximum Gasteiger partial charge on any atom is 0.328 e. The van der Waals surface area contributed by atoms with E-state index in [2.05, 4.69) is 0 Å². The third-order valence-electron chi connectivity index (χ3n) is 2.55. The molecule has 0 spiro atoms. The van der Waals surface area contributed by atoms with Crippen LogP contribution in [0.4, 0.5) is 0 Å². The fourth-order valence-electron chi connectivity index (χ4n) is 1.78. The van der Waals surface area contributed by atoms with E-state index in [1.54, 1.807) is 13.8 Å². The van der Waals surface area contributed by atoms with Crippen molar-refractivity contribution in [2.45, 2.75) is 39.3 Å². The van der Waals surface area contributed by atoms with Crippen molar-refractivity contribution < 1.29 is 23.9 Å². The lowest BCUT2D eigenvalue weighted by Gasteiger charge is -2.22. The van der Waals surface area contributed by atoms with Crippen molar-refractivity contribution in [3.05, 3.63) is 0 Å². The third-order valence-corrected chi connectivity index (χ3v) is 2.55. The molecule has 6 nitrogen and oxygen atoms in total. The van der Waals surface area contributed by atoms with Crippen LogP contribution in [0.25, 0.3) is 0 Å². The molecule has 0 aromatic heterocycles. The monoisotopic (exact) mass is 243 g/mol. The van der Waals surface area contributed by atoms with Gasteiger partial charge in [-0.05, 0) is 13.8 Å². The van der Waals surface area contributed by atoms with Crippen LogP contribution >= 0.6 is 0 Å². The first-order valence-electron chi connectivity index (χ1n) is 5.59. The molecule has 0 radical (unpaired) electrons. The van der Waals surface area contributed by atoms with Gasteiger partial charge in [0.15, 0.2) is 0 Å². The molecule has 1 fully saturated rings. The van der Waals surface area contributed by atoms with Crippen molar-refractivity contribution in [1.82, 2.24) is 4.90 Å². The van der Waals surface area contributed by atoms with Crippen LogP contribution in [0.3, 0.4) is 0 Å². The molecule has 96 valence electrons. The Hall–Kier alpha value is -1.59. The van der Waals surface area contributed by atoms with Gasteiger partial charge in [0.2, 0.25) is 5.91 Å². The average Bonchev–Trinajstić information content (AvgIpc) is 2.57. The van der Waals surface area contributed by atoms with E-state index in [1.165, 1.54) is 11.8 Å². The zero-order chi connectivity index (χ0) is 13.0. The van der Waals surface area contributed by atoms with Gasteiger partial charge < -0.3 is 14.4 Å². The minimum absolute atomic E-state index is 0.128. The van der Waals surface area contributed by atoms with E-state index in [4.69, 9.17) is 9.47 Å². The number of nitrogens with zero attached hydrogens (tertiary/aromatic N) is 1. The van der Waals surface area contributed by atoms with Gasteiger partial charge in [0.05, 0.1) is 19.6 Å². The Balaban J connectivity index is 2.58. The predicted octanol–water partition coefficient (Wildman–Crippen LogP) is 0.102. The molecular weight excluding hydrogens is 226 g/mol. The lowest BCUT2D eigenvalue weighted by atomic mass is 10.3. The van der Waals surface area contributed by atoms with E-state index >= 15 is 0 Å². The molecule has 6 heteroatoms. The molecule has 0 saturated carbocycles. The lowest BCUT2D eigenvalue weighted by Crippen LogP contribution is -2.41. The number of ether oxygens (including phenoxy) is 2. The number of esters is 2. The van der Waals surface area contributed by atoms with Crippen LogP contribution in [0.1, 0.15) is 27.2 Å². The Morgan fingerprint density at radius 1 is 1.53 bits per heavy atom. The molecule has 17 heavy (non-hydrogen) atoms. The Morgan fingerprint density at radius 2 is 2.18 bits per heavy atom. The number of likely N-dealkylation sites (tertiary alicyclic amines) is 1. The first-order valence-corrected chi connectivity index (χ1v) is 5.59. The zero-order valence-corrected chi connectivity index (χ0v) is 10.3. The average molecular weight is 243 g/mol. The first-order chi connectivity index (χ1) is 7.95. The van der Waals surface area contributed by atoms with E-state index < -0.39 is 24.1 Å². The Kier molecular flexibility index (Phi) is 4.48. The van der Waals surface area contributed by atoms with Gasteiger partial charge in [0.25, 0.3) is 0 Å². The minimum atomic E-state index is -0.636. The number of hydrogen-bond acceptors (Lipinski definition) is 5. The molecule has 1 heterocycles. The van der Waals surface area contributed by atoms with Crippen LogP contribution in [0.2, 0.25) is 0 Å². The van der Waals surface area contributed by atoms with Crippen LogP contribution < -0.4 is 0 Å². The highest BCUT2D eigenvalue weighted by Gasteiger charge is 2.37. The van der Waals surface area contributed by atoms with Gasteiger partial charge in [-0.15, -0.1) is 0 Å². The normalized spacial score (nSPS) is 21.2. The molecule has 0 aliphatic carbocycles. The van der Waals surface area contributed by atoms with Crippen molar-refractivity contribution in [3.63, 3.8) is 0 Å². The van der Waals surface area contributed by atoms with Gasteiger partial charge in [-0.2, -0.15) is 0 Å². The molecule has 1 saturated heterocycles. The zero-order valence-electron chi connectivity index (χ0n) is 10.3. The standard InChI is InChI=1S/C11H17NO5/c1-4-16-11(15)7(2)12-6-9(5-10(12)14)17-8(3)13/h7,9H,4-6H2,1-3H3/t7?,9-/m0/s1. The summed E-state index contributed by atoms with van der Waals surface area (Å²) in [6.07, 6.45) is -0.333. The summed E-state index contributed by atoms with van der Waals surface area (Å²) in [5.74, 6) is -1.06. The fraction of sp³-hybridized carbons (Fsp3) is 0.727. The van der Waals surface area contributed by atoms with Crippen molar-refractivity contribution >= 4 is 17.8 Å². The van der Waals surface area contributed by atoms with Gasteiger partial charge >= 0.3 is 11.9 Å². The van der Waals surface area contributed by atoms with E-state index in [0.717, 1.165) is 0 Å². The van der Waals surface area contributed by atoms with E-state index in [1.807, 2.05) is 0 Å². The molecule has 0 aromatic rings. The van der Waals surface area contributed by atoms with Crippen molar-refractivity contribution in [2.24, 2.45) is 0 Å². The summed E-state index contributed by atoms with van der Waals surface area (Å²) < 4.78 is 9.79. The van der Waals surface area contributed by atoms with Gasteiger partial charge in [0, 0.05) is 6.92 Å². The smallest absolute Gasteiger partial charge is 0.328 e. The molecule has 1 aliphatic heterocycles. The molecule has 0 N–H and O–H groups in total. The summed E-state index contributed by atoms with van der Waals surface area (Å²) >= 11 is 0. The molecule has 1 rings (SSSR count). The molecule has 0 bridgehead atoms. The molecule has 2 atom stereocenters. The predicted molar refractivity (Wildman–Crippen MR) is 58.0 cm³/mol. The van der Waals surface area contributed by atoms with Crippen LogP contribution in [-0.4, -0.2) is 48.0 Å². The third kappa shape index (κ3) is 3.44. The maximum absolute atomic E-state index is 11.6. The van der Waals surface area contributed by atoms with Gasteiger partial charge in [-0.25, -0.2) is 4.79 Å². The fourth-order valence-corrected chi connectivity index (χ4v) is 1.78. The SMILES string of the molecule is CCOC(=O)C(C)N1C[C@@H](OC(C)=O)CC1=O. The summed E-state index contributed by atoms with van der Waals surface area (Å²) in [5.41, 5.74) is 0. The second-order valence-corrected chi connectivity index (χ2v) is 3.91. The number of hydrogen-bond donors (Lipinski definition) is 0. The number of carbonyl (C=O) groups excluding carboxylic acids is 3. The Labute approximate surface area is 99.9 Å². The quantitative estimate of drug-likeness (QED) is 0.655. The second-order valence-electron chi connectivity index (χ2n) is 3.91. The van der Waals surface area contributed by atoms with E-state index in [9.17, 15) is 14.4 Å². The summed E-state index contributed by atoms with van der Waals surface area (Å²) in [4.78, 5) is 35.3. The van der Waals surface area contributed by atoms with E-state index in [0.29, 0.717) is 0 Å². The van der Waals surface area contributed by atoms with Crippen LogP contribution in [-0.2, 0) is 23.9 Å². The maximum atomic E-state index is 11.6. The molecule has 1 aliphatic rings. The molecule has 1 unspecified atom stereocenters. The second kappa shape index (κ2) is 5.65. The van der Waals surface area contributed by atoms with Crippen LogP contribution in [0.15, 0.2) is 0 Å². The highest BCUT2D eigenvalue weighted by atomic mass is 16.5. The minimum Gasteiger partial charge on any atom is -0.464 e. The largest absolute Gasteiger partial charge is 0.464 e. The first kappa shape index (κ1) is 13.5. The number of rotatable bonds is 4. The Morgan fingerprint density at radius 3 is 2.71 bits per heavy atom. The van der Waals surface area contributed by atoms with Crippen LogP contribution in [0.5, 0.6) is 0 Å². The van der Waals surface area contributed by atoms with Crippen molar-refractivity contribution in [2.75, 3.05) is 13.2 Å². The van der Waals surface area contributed by atoms with Gasteiger partial charge in [0.1, 0.15) is 12.1 Å². The number of amides is 1. The van der Waals surface area contributed by atoms with Crippen LogP contribution in [0, 0.1) is 0 Å². The summed E-state index contributed by atoms with van der Waals surface area (Å²) in [6, 6.07) is -0.636. The van der Waals surface area contributed by atoms with Gasteiger partial charge in [-0.1, -0.05) is 0 Å².